The van der Waals surface area contributed by atoms with Crippen molar-refractivity contribution in [3.8, 4) is 44.5 Å². The molecule has 0 unspecified atom stereocenters. The SMILES string of the molecule is CC1(C)c2ccccc2-c2ccc(N(c3cccc(-c4cccc(-c5ccccc5)c4)c3)c3cccc(-c4cccc5ccccc45)c3)cc21. The van der Waals surface area contributed by atoms with Crippen molar-refractivity contribution < 1.29 is 0 Å². The van der Waals surface area contributed by atoms with Crippen LogP contribution in [0.1, 0.15) is 25.0 Å². The standard InChI is InChI=1S/C49H37N/c1-49(2)47-27-9-8-25-45(47)46-29-28-42(33-48(46)49)50(41-23-12-21-39(32-41)44-26-13-17-35-16-6-7-24-43(35)44)40-22-11-20-38(31-40)37-19-10-18-36(30-37)34-14-4-3-5-15-34/h3-33H,1-2H3. The molecule has 0 saturated heterocycles. The largest absolute Gasteiger partial charge is 0.310 e. The number of hydrogen-bond acceptors (Lipinski definition) is 1. The predicted molar refractivity (Wildman–Crippen MR) is 213 cm³/mol. The molecule has 50 heavy (non-hydrogen) atoms. The molecule has 0 fully saturated rings. The fraction of sp³-hybridized carbons (Fsp3) is 0.0612. The number of benzene rings is 8. The van der Waals surface area contributed by atoms with Gasteiger partial charge >= 0.3 is 0 Å². The summed E-state index contributed by atoms with van der Waals surface area (Å²) in [5, 5.41) is 2.51. The quantitative estimate of drug-likeness (QED) is 0.175. The Hall–Kier alpha value is -6.18. The molecule has 0 spiro atoms. The number of hydrogen-bond donors (Lipinski definition) is 0. The number of rotatable bonds is 6. The minimum Gasteiger partial charge on any atom is -0.310 e. The molecule has 8 aromatic rings. The lowest BCUT2D eigenvalue weighted by molar-refractivity contribution is 0.660. The van der Waals surface area contributed by atoms with Crippen molar-refractivity contribution in [3.63, 3.8) is 0 Å². The second-order valence-electron chi connectivity index (χ2n) is 13.8. The molecule has 0 heterocycles. The molecule has 1 aliphatic carbocycles. The van der Waals surface area contributed by atoms with Crippen molar-refractivity contribution in [1.82, 2.24) is 0 Å². The molecule has 1 heteroatoms. The van der Waals surface area contributed by atoms with E-state index in [1.165, 1.54) is 66.4 Å². The van der Waals surface area contributed by atoms with Crippen molar-refractivity contribution in [3.05, 3.63) is 199 Å². The zero-order chi connectivity index (χ0) is 33.7. The summed E-state index contributed by atoms with van der Waals surface area (Å²) in [5.74, 6) is 0. The Morgan fingerprint density at radius 1 is 0.340 bits per heavy atom. The minimum absolute atomic E-state index is 0.0991. The molecule has 0 amide bonds. The first-order chi connectivity index (χ1) is 24.5. The van der Waals surface area contributed by atoms with Gasteiger partial charge in [-0.2, -0.15) is 0 Å². The van der Waals surface area contributed by atoms with Crippen LogP contribution in [0.25, 0.3) is 55.3 Å². The van der Waals surface area contributed by atoms with Gasteiger partial charge in [-0.05, 0) is 109 Å². The molecule has 8 aromatic carbocycles. The molecule has 0 atom stereocenters. The van der Waals surface area contributed by atoms with Crippen molar-refractivity contribution >= 4 is 27.8 Å². The Morgan fingerprint density at radius 2 is 0.860 bits per heavy atom. The molecule has 238 valence electrons. The molecule has 0 saturated carbocycles. The zero-order valence-corrected chi connectivity index (χ0v) is 28.3. The molecular weight excluding hydrogens is 603 g/mol. The van der Waals surface area contributed by atoms with E-state index in [2.05, 4.69) is 207 Å². The highest BCUT2D eigenvalue weighted by Crippen LogP contribution is 2.51. The van der Waals surface area contributed by atoms with Crippen LogP contribution in [0, 0.1) is 0 Å². The van der Waals surface area contributed by atoms with E-state index in [0.29, 0.717) is 0 Å². The van der Waals surface area contributed by atoms with Gasteiger partial charge in [-0.1, -0.05) is 159 Å². The first-order valence-corrected chi connectivity index (χ1v) is 17.4. The van der Waals surface area contributed by atoms with E-state index >= 15 is 0 Å². The first kappa shape index (κ1) is 29.9. The molecule has 1 aliphatic rings. The van der Waals surface area contributed by atoms with Crippen LogP contribution in [-0.2, 0) is 5.41 Å². The average molecular weight is 640 g/mol. The van der Waals surface area contributed by atoms with E-state index < -0.39 is 0 Å². The summed E-state index contributed by atoms with van der Waals surface area (Å²) in [5.41, 5.74) is 16.0. The highest BCUT2D eigenvalue weighted by Gasteiger charge is 2.35. The maximum absolute atomic E-state index is 2.43. The lowest BCUT2D eigenvalue weighted by Crippen LogP contribution is -2.16. The van der Waals surface area contributed by atoms with Gasteiger partial charge in [0.2, 0.25) is 0 Å². The Labute approximate surface area is 294 Å². The number of anilines is 3. The van der Waals surface area contributed by atoms with Gasteiger partial charge in [-0.25, -0.2) is 0 Å². The second-order valence-corrected chi connectivity index (χ2v) is 13.8. The molecular formula is C49H37N. The van der Waals surface area contributed by atoms with Crippen LogP contribution in [0.4, 0.5) is 17.1 Å². The van der Waals surface area contributed by atoms with Crippen molar-refractivity contribution in [2.45, 2.75) is 19.3 Å². The van der Waals surface area contributed by atoms with Gasteiger partial charge in [0.1, 0.15) is 0 Å². The van der Waals surface area contributed by atoms with Crippen molar-refractivity contribution in [2.75, 3.05) is 4.90 Å². The van der Waals surface area contributed by atoms with E-state index in [1.54, 1.807) is 0 Å². The van der Waals surface area contributed by atoms with Crippen LogP contribution < -0.4 is 4.90 Å². The Kier molecular flexibility index (Phi) is 7.21. The average Bonchev–Trinajstić information content (AvgIpc) is 3.41. The maximum Gasteiger partial charge on any atom is 0.0467 e. The van der Waals surface area contributed by atoms with Gasteiger partial charge in [0.25, 0.3) is 0 Å². The Morgan fingerprint density at radius 3 is 1.68 bits per heavy atom. The molecule has 0 aliphatic heterocycles. The first-order valence-electron chi connectivity index (χ1n) is 17.4. The molecule has 0 bridgehead atoms. The zero-order valence-electron chi connectivity index (χ0n) is 28.3. The Bertz CT molecular complexity index is 2520. The fourth-order valence-corrected chi connectivity index (χ4v) is 7.90. The summed E-state index contributed by atoms with van der Waals surface area (Å²) in [4.78, 5) is 2.43. The lowest BCUT2D eigenvalue weighted by atomic mass is 9.82. The van der Waals surface area contributed by atoms with Crippen LogP contribution >= 0.6 is 0 Å². The smallest absolute Gasteiger partial charge is 0.0467 e. The molecule has 9 rings (SSSR count). The van der Waals surface area contributed by atoms with Crippen molar-refractivity contribution in [2.24, 2.45) is 0 Å². The predicted octanol–water partition coefficient (Wildman–Crippen LogP) is 13.6. The van der Waals surface area contributed by atoms with Crippen LogP contribution in [-0.4, -0.2) is 0 Å². The van der Waals surface area contributed by atoms with Gasteiger partial charge < -0.3 is 4.90 Å². The Balaban J connectivity index is 1.21. The molecule has 1 nitrogen and oxygen atoms in total. The van der Waals surface area contributed by atoms with Gasteiger partial charge in [0.05, 0.1) is 0 Å². The topological polar surface area (TPSA) is 3.24 Å². The van der Waals surface area contributed by atoms with Crippen LogP contribution in [0.15, 0.2) is 188 Å². The van der Waals surface area contributed by atoms with E-state index in [0.717, 1.165) is 17.1 Å². The summed E-state index contributed by atoms with van der Waals surface area (Å²) >= 11 is 0. The van der Waals surface area contributed by atoms with Gasteiger partial charge in [0, 0.05) is 22.5 Å². The van der Waals surface area contributed by atoms with Gasteiger partial charge in [0.15, 0.2) is 0 Å². The fourth-order valence-electron chi connectivity index (χ4n) is 7.90. The highest BCUT2D eigenvalue weighted by molar-refractivity contribution is 5.97. The van der Waals surface area contributed by atoms with Crippen molar-refractivity contribution in [1.29, 1.82) is 0 Å². The second kappa shape index (κ2) is 12.1. The molecule has 0 N–H and O–H groups in total. The van der Waals surface area contributed by atoms with Gasteiger partial charge in [-0.3, -0.25) is 0 Å². The summed E-state index contributed by atoms with van der Waals surface area (Å²) < 4.78 is 0. The van der Waals surface area contributed by atoms with Crippen LogP contribution in [0.5, 0.6) is 0 Å². The van der Waals surface area contributed by atoms with E-state index in [9.17, 15) is 0 Å². The highest BCUT2D eigenvalue weighted by atomic mass is 15.1. The summed E-state index contributed by atoms with van der Waals surface area (Å²) in [6, 6.07) is 68.6. The minimum atomic E-state index is -0.0991. The third-order valence-electron chi connectivity index (χ3n) is 10.4. The van der Waals surface area contributed by atoms with E-state index in [1.807, 2.05) is 0 Å². The summed E-state index contributed by atoms with van der Waals surface area (Å²) in [6.45, 7) is 4.71. The van der Waals surface area contributed by atoms with E-state index in [-0.39, 0.29) is 5.41 Å². The molecule has 0 aromatic heterocycles. The third-order valence-corrected chi connectivity index (χ3v) is 10.4. The molecule has 0 radical (unpaired) electrons. The van der Waals surface area contributed by atoms with Gasteiger partial charge in [-0.15, -0.1) is 0 Å². The lowest BCUT2D eigenvalue weighted by Gasteiger charge is -2.29. The summed E-state index contributed by atoms with van der Waals surface area (Å²) in [6.07, 6.45) is 0. The monoisotopic (exact) mass is 639 g/mol. The third kappa shape index (κ3) is 5.11. The summed E-state index contributed by atoms with van der Waals surface area (Å²) in [7, 11) is 0. The maximum atomic E-state index is 2.43. The van der Waals surface area contributed by atoms with Crippen LogP contribution in [0.2, 0.25) is 0 Å². The van der Waals surface area contributed by atoms with E-state index in [4.69, 9.17) is 0 Å². The normalized spacial score (nSPS) is 12.8. The van der Waals surface area contributed by atoms with Crippen LogP contribution in [0.3, 0.4) is 0 Å². The number of fused-ring (bicyclic) bond motifs is 4. The number of nitrogens with zero attached hydrogens (tertiary/aromatic N) is 1.